The smallest absolute Gasteiger partial charge is 0.153 e. The number of sulfone groups is 1. The van der Waals surface area contributed by atoms with Crippen molar-refractivity contribution in [2.24, 2.45) is 0 Å². The Labute approximate surface area is 104 Å². The third kappa shape index (κ3) is 4.13. The number of hydrogen-bond donors (Lipinski definition) is 1. The van der Waals surface area contributed by atoms with E-state index in [1.807, 2.05) is 25.1 Å². The molecule has 0 aliphatic carbocycles. The summed E-state index contributed by atoms with van der Waals surface area (Å²) >= 11 is 0. The number of nitrogens with one attached hydrogen (secondary N) is 1. The summed E-state index contributed by atoms with van der Waals surface area (Å²) < 4.78 is 22.3. The van der Waals surface area contributed by atoms with Crippen molar-refractivity contribution in [1.82, 2.24) is 5.32 Å². The third-order valence-corrected chi connectivity index (χ3v) is 5.12. The van der Waals surface area contributed by atoms with Crippen molar-refractivity contribution in [1.29, 1.82) is 0 Å². The molecule has 0 bridgehead atoms. The molecule has 0 spiro atoms. The zero-order chi connectivity index (χ0) is 13.1. The second-order valence-electron chi connectivity index (χ2n) is 5.12. The Hall–Kier alpha value is -0.870. The van der Waals surface area contributed by atoms with Crippen LogP contribution in [0.2, 0.25) is 0 Å². The van der Waals surface area contributed by atoms with Crippen LogP contribution >= 0.6 is 0 Å². The zero-order valence-corrected chi connectivity index (χ0v) is 11.8. The van der Waals surface area contributed by atoms with Crippen molar-refractivity contribution in [2.45, 2.75) is 32.1 Å². The molecule has 0 aromatic heterocycles. The van der Waals surface area contributed by atoms with Gasteiger partial charge in [0.1, 0.15) is 0 Å². The van der Waals surface area contributed by atoms with Gasteiger partial charge in [-0.1, -0.05) is 29.8 Å². The Kier molecular flexibility index (Phi) is 4.33. The minimum absolute atomic E-state index is 0.458. The largest absolute Gasteiger partial charge is 0.311 e. The maximum absolute atomic E-state index is 11.5. The number of hydrogen-bond acceptors (Lipinski definition) is 3. The molecule has 0 aliphatic rings. The van der Waals surface area contributed by atoms with Crippen LogP contribution < -0.4 is 5.32 Å². The normalized spacial score (nSPS) is 12.7. The molecule has 0 heterocycles. The molecule has 1 rings (SSSR count). The molecule has 0 radical (unpaired) electrons. The minimum atomic E-state index is -3.03. The van der Waals surface area contributed by atoms with Gasteiger partial charge in [0.25, 0.3) is 0 Å². The summed E-state index contributed by atoms with van der Waals surface area (Å²) in [5.41, 5.74) is 2.39. The molecular weight excluding hydrogens is 234 g/mol. The molecule has 0 saturated heterocycles. The number of benzene rings is 1. The summed E-state index contributed by atoms with van der Waals surface area (Å²) in [7, 11) is -3.03. The number of rotatable bonds is 5. The van der Waals surface area contributed by atoms with E-state index in [-0.39, 0.29) is 0 Å². The Bertz CT molecular complexity index is 478. The molecule has 4 heteroatoms. The summed E-state index contributed by atoms with van der Waals surface area (Å²) in [6.45, 7) is 6.68. The van der Waals surface area contributed by atoms with E-state index in [1.165, 1.54) is 17.4 Å². The van der Waals surface area contributed by atoms with Crippen LogP contribution in [-0.2, 0) is 16.4 Å². The molecule has 0 unspecified atom stereocenters. The van der Waals surface area contributed by atoms with Crippen molar-refractivity contribution in [2.75, 3.05) is 12.8 Å². The van der Waals surface area contributed by atoms with Crippen molar-refractivity contribution >= 4 is 9.84 Å². The molecule has 0 saturated carbocycles. The van der Waals surface area contributed by atoms with E-state index in [2.05, 4.69) is 11.4 Å². The summed E-state index contributed by atoms with van der Waals surface area (Å²) in [4.78, 5) is 0. The lowest BCUT2D eigenvalue weighted by atomic mass is 10.1. The highest BCUT2D eigenvalue weighted by atomic mass is 32.2. The highest BCUT2D eigenvalue weighted by Gasteiger charge is 2.29. The van der Waals surface area contributed by atoms with E-state index in [0.717, 1.165) is 0 Å². The maximum Gasteiger partial charge on any atom is 0.153 e. The molecule has 0 atom stereocenters. The van der Waals surface area contributed by atoms with Gasteiger partial charge >= 0.3 is 0 Å². The molecule has 0 amide bonds. The van der Waals surface area contributed by atoms with Gasteiger partial charge in [-0.3, -0.25) is 0 Å². The predicted molar refractivity (Wildman–Crippen MR) is 71.8 cm³/mol. The molecular formula is C13H21NO2S. The van der Waals surface area contributed by atoms with E-state index in [1.54, 1.807) is 13.8 Å². The summed E-state index contributed by atoms with van der Waals surface area (Å²) in [5, 5.41) is 3.20. The third-order valence-electron chi connectivity index (χ3n) is 2.97. The predicted octanol–water partition coefficient (Wildman–Crippen LogP) is 1.91. The first kappa shape index (κ1) is 14.2. The van der Waals surface area contributed by atoms with E-state index >= 15 is 0 Å². The molecule has 3 nitrogen and oxygen atoms in total. The van der Waals surface area contributed by atoms with E-state index < -0.39 is 14.6 Å². The van der Waals surface area contributed by atoms with Crippen LogP contribution in [-0.4, -0.2) is 26.0 Å². The quantitative estimate of drug-likeness (QED) is 0.874. The number of aryl methyl sites for hydroxylation is 1. The fourth-order valence-electron chi connectivity index (χ4n) is 1.46. The zero-order valence-electron chi connectivity index (χ0n) is 10.9. The molecule has 0 fully saturated rings. The fraction of sp³-hybridized carbons (Fsp3) is 0.538. The van der Waals surface area contributed by atoms with Gasteiger partial charge in [-0.2, -0.15) is 0 Å². The van der Waals surface area contributed by atoms with Gasteiger partial charge in [0, 0.05) is 19.3 Å². The van der Waals surface area contributed by atoms with E-state index in [4.69, 9.17) is 0 Å². The second-order valence-corrected chi connectivity index (χ2v) is 7.77. The average Bonchev–Trinajstić information content (AvgIpc) is 2.15. The second kappa shape index (κ2) is 5.19. The van der Waals surface area contributed by atoms with Gasteiger partial charge in [0.05, 0.1) is 4.75 Å². The Morgan fingerprint density at radius 2 is 1.94 bits per heavy atom. The highest BCUT2D eigenvalue weighted by molar-refractivity contribution is 7.92. The van der Waals surface area contributed by atoms with Crippen LogP contribution in [0.4, 0.5) is 0 Å². The van der Waals surface area contributed by atoms with Gasteiger partial charge in [0.15, 0.2) is 9.84 Å². The van der Waals surface area contributed by atoms with Crippen molar-refractivity contribution in [3.05, 3.63) is 35.4 Å². The SMILES string of the molecule is Cc1cccc(CNCC(C)(C)S(C)(=O)=O)c1. The van der Waals surface area contributed by atoms with Crippen LogP contribution in [0.15, 0.2) is 24.3 Å². The van der Waals surface area contributed by atoms with Gasteiger partial charge in [-0.25, -0.2) is 8.42 Å². The van der Waals surface area contributed by atoms with Gasteiger partial charge in [-0.15, -0.1) is 0 Å². The van der Waals surface area contributed by atoms with Gasteiger partial charge in [-0.05, 0) is 26.3 Å². The molecule has 1 aromatic carbocycles. The molecule has 96 valence electrons. The van der Waals surface area contributed by atoms with E-state index in [9.17, 15) is 8.42 Å². The van der Waals surface area contributed by atoms with Crippen LogP contribution in [0.1, 0.15) is 25.0 Å². The first-order chi connectivity index (χ1) is 7.72. The summed E-state index contributed by atoms with van der Waals surface area (Å²) in [6.07, 6.45) is 1.28. The molecule has 17 heavy (non-hydrogen) atoms. The molecule has 1 N–H and O–H groups in total. The fourth-order valence-corrected chi connectivity index (χ4v) is 1.83. The lowest BCUT2D eigenvalue weighted by molar-refractivity contribution is 0.521. The van der Waals surface area contributed by atoms with Crippen molar-refractivity contribution < 1.29 is 8.42 Å². The first-order valence-corrected chi connectivity index (χ1v) is 7.57. The highest BCUT2D eigenvalue weighted by Crippen LogP contribution is 2.13. The Morgan fingerprint density at radius 3 is 2.47 bits per heavy atom. The Morgan fingerprint density at radius 1 is 1.29 bits per heavy atom. The van der Waals surface area contributed by atoms with Crippen LogP contribution in [0.3, 0.4) is 0 Å². The lowest BCUT2D eigenvalue weighted by Crippen LogP contribution is -2.41. The van der Waals surface area contributed by atoms with Crippen LogP contribution in [0.25, 0.3) is 0 Å². The topological polar surface area (TPSA) is 46.2 Å². The van der Waals surface area contributed by atoms with Crippen molar-refractivity contribution in [3.63, 3.8) is 0 Å². The van der Waals surface area contributed by atoms with Gasteiger partial charge in [0.2, 0.25) is 0 Å². The Balaban J connectivity index is 2.54. The molecule has 1 aromatic rings. The monoisotopic (exact) mass is 255 g/mol. The van der Waals surface area contributed by atoms with Crippen LogP contribution in [0.5, 0.6) is 0 Å². The maximum atomic E-state index is 11.5. The average molecular weight is 255 g/mol. The van der Waals surface area contributed by atoms with Crippen molar-refractivity contribution in [3.8, 4) is 0 Å². The van der Waals surface area contributed by atoms with Crippen LogP contribution in [0, 0.1) is 6.92 Å². The summed E-state index contributed by atoms with van der Waals surface area (Å²) in [5.74, 6) is 0. The molecule has 0 aliphatic heterocycles. The standard InChI is InChI=1S/C13H21NO2S/c1-11-6-5-7-12(8-11)9-14-10-13(2,3)17(4,15)16/h5-8,14H,9-10H2,1-4H3. The summed E-state index contributed by atoms with van der Waals surface area (Å²) in [6, 6.07) is 8.19. The first-order valence-electron chi connectivity index (χ1n) is 5.68. The van der Waals surface area contributed by atoms with Gasteiger partial charge < -0.3 is 5.32 Å². The lowest BCUT2D eigenvalue weighted by Gasteiger charge is -2.22. The minimum Gasteiger partial charge on any atom is -0.311 e. The van der Waals surface area contributed by atoms with E-state index in [0.29, 0.717) is 13.1 Å².